The largest absolute Gasteiger partial charge is 0.493 e. The summed E-state index contributed by atoms with van der Waals surface area (Å²) in [5, 5.41) is 0. The van der Waals surface area contributed by atoms with Crippen LogP contribution in [0.1, 0.15) is 11.1 Å². The lowest BCUT2D eigenvalue weighted by Gasteiger charge is -2.12. The van der Waals surface area contributed by atoms with Gasteiger partial charge in [-0.15, -0.1) is 0 Å². The molecule has 0 heterocycles. The molecule has 128 valence electrons. The van der Waals surface area contributed by atoms with Crippen LogP contribution in [0.25, 0.3) is 12.2 Å². The van der Waals surface area contributed by atoms with Crippen molar-refractivity contribution in [2.75, 3.05) is 28.4 Å². The lowest BCUT2D eigenvalue weighted by atomic mass is 10.1. The summed E-state index contributed by atoms with van der Waals surface area (Å²) in [6.45, 7) is 0. The summed E-state index contributed by atoms with van der Waals surface area (Å²) >= 11 is 0. The Morgan fingerprint density at radius 3 is 1.42 bits per heavy atom. The van der Waals surface area contributed by atoms with E-state index in [0.29, 0.717) is 22.8 Å². The molecule has 0 aromatic heterocycles. The third-order valence-electron chi connectivity index (χ3n) is 3.38. The number of rotatable bonds is 6. The van der Waals surface area contributed by atoms with Crippen molar-refractivity contribution in [2.45, 2.75) is 0 Å². The number of ether oxygens (including phenoxy) is 4. The molecule has 2 rings (SSSR count). The Kier molecular flexibility index (Phi) is 5.63. The van der Waals surface area contributed by atoms with Crippen LogP contribution in [0.2, 0.25) is 0 Å². The number of halogens is 2. The summed E-state index contributed by atoms with van der Waals surface area (Å²) in [5.41, 5.74) is 1.08. The van der Waals surface area contributed by atoms with Gasteiger partial charge in [-0.1, -0.05) is 12.2 Å². The third kappa shape index (κ3) is 3.59. The molecule has 0 bridgehead atoms. The highest BCUT2D eigenvalue weighted by Crippen LogP contribution is 2.38. The second-order valence-corrected chi connectivity index (χ2v) is 4.81. The van der Waals surface area contributed by atoms with E-state index in [9.17, 15) is 8.78 Å². The highest BCUT2D eigenvalue weighted by atomic mass is 19.1. The Morgan fingerprint density at radius 2 is 1.04 bits per heavy atom. The van der Waals surface area contributed by atoms with Crippen molar-refractivity contribution in [1.29, 1.82) is 0 Å². The molecule has 24 heavy (non-hydrogen) atoms. The van der Waals surface area contributed by atoms with Gasteiger partial charge in [0.25, 0.3) is 0 Å². The summed E-state index contributed by atoms with van der Waals surface area (Å²) in [4.78, 5) is 0. The lowest BCUT2D eigenvalue weighted by Crippen LogP contribution is -1.95. The smallest absolute Gasteiger partial charge is 0.203 e. The fourth-order valence-corrected chi connectivity index (χ4v) is 2.26. The van der Waals surface area contributed by atoms with E-state index in [1.165, 1.54) is 40.6 Å². The van der Waals surface area contributed by atoms with Gasteiger partial charge in [-0.2, -0.15) is 0 Å². The molecule has 0 aliphatic carbocycles. The molecular weight excluding hydrogens is 318 g/mol. The number of methoxy groups -OCH3 is 4. The summed E-state index contributed by atoms with van der Waals surface area (Å²) in [5.74, 6) is -0.477. The van der Waals surface area contributed by atoms with Gasteiger partial charge in [0, 0.05) is 0 Å². The normalized spacial score (nSPS) is 10.8. The van der Waals surface area contributed by atoms with Gasteiger partial charge in [-0.25, -0.2) is 8.78 Å². The summed E-state index contributed by atoms with van der Waals surface area (Å²) in [6, 6.07) is 5.84. The first-order valence-electron chi connectivity index (χ1n) is 7.05. The molecule has 0 N–H and O–H groups in total. The van der Waals surface area contributed by atoms with Gasteiger partial charge in [0.1, 0.15) is 0 Å². The van der Waals surface area contributed by atoms with E-state index >= 15 is 0 Å². The number of benzene rings is 2. The van der Waals surface area contributed by atoms with Crippen LogP contribution in [-0.4, -0.2) is 28.4 Å². The molecule has 2 aromatic rings. The van der Waals surface area contributed by atoms with Crippen LogP contribution in [0.3, 0.4) is 0 Å². The molecule has 0 aliphatic rings. The van der Waals surface area contributed by atoms with Gasteiger partial charge in [0.15, 0.2) is 28.9 Å². The predicted molar refractivity (Wildman–Crippen MR) is 87.9 cm³/mol. The maximum atomic E-state index is 13.7. The quantitative estimate of drug-likeness (QED) is 0.742. The van der Waals surface area contributed by atoms with Crippen LogP contribution in [-0.2, 0) is 0 Å². The molecule has 0 fully saturated rings. The molecule has 2 aromatic carbocycles. The number of hydrogen-bond donors (Lipinski definition) is 0. The monoisotopic (exact) mass is 336 g/mol. The van der Waals surface area contributed by atoms with E-state index in [0.717, 1.165) is 5.56 Å². The summed E-state index contributed by atoms with van der Waals surface area (Å²) in [7, 11) is 5.75. The lowest BCUT2D eigenvalue weighted by molar-refractivity contribution is 0.324. The van der Waals surface area contributed by atoms with Crippen molar-refractivity contribution < 1.29 is 27.7 Å². The van der Waals surface area contributed by atoms with Crippen LogP contribution < -0.4 is 18.9 Å². The van der Waals surface area contributed by atoms with E-state index in [1.54, 1.807) is 24.3 Å². The molecule has 0 radical (unpaired) electrons. The van der Waals surface area contributed by atoms with Crippen LogP contribution in [0.15, 0.2) is 24.3 Å². The Balaban J connectivity index is 2.39. The Bertz CT molecular complexity index is 709. The van der Waals surface area contributed by atoms with Crippen molar-refractivity contribution in [1.82, 2.24) is 0 Å². The number of hydrogen-bond acceptors (Lipinski definition) is 4. The van der Waals surface area contributed by atoms with Crippen LogP contribution in [0, 0.1) is 11.6 Å². The Hall–Kier alpha value is -2.76. The molecule has 0 saturated carbocycles. The van der Waals surface area contributed by atoms with Gasteiger partial charge >= 0.3 is 0 Å². The second-order valence-electron chi connectivity index (χ2n) is 4.81. The molecule has 0 atom stereocenters. The SMILES string of the molecule is COc1cc(C=Cc2cc(F)c(OC)c(F)c2)cc(OC)c1OC. The zero-order valence-corrected chi connectivity index (χ0v) is 13.9. The van der Waals surface area contributed by atoms with Crippen molar-refractivity contribution >= 4 is 12.2 Å². The van der Waals surface area contributed by atoms with Gasteiger partial charge in [-0.05, 0) is 35.4 Å². The molecular formula is C18H18F2O4. The first-order chi connectivity index (χ1) is 11.5. The maximum absolute atomic E-state index is 13.7. The average Bonchev–Trinajstić information content (AvgIpc) is 2.58. The Morgan fingerprint density at radius 1 is 0.625 bits per heavy atom. The van der Waals surface area contributed by atoms with Gasteiger partial charge in [0.2, 0.25) is 5.75 Å². The molecule has 0 unspecified atom stereocenters. The average molecular weight is 336 g/mol. The molecule has 6 heteroatoms. The molecule has 0 saturated heterocycles. The van der Waals surface area contributed by atoms with E-state index in [2.05, 4.69) is 4.74 Å². The predicted octanol–water partition coefficient (Wildman–Crippen LogP) is 4.17. The molecule has 0 aliphatic heterocycles. The van der Waals surface area contributed by atoms with Crippen LogP contribution in [0.4, 0.5) is 8.78 Å². The highest BCUT2D eigenvalue weighted by molar-refractivity contribution is 5.73. The van der Waals surface area contributed by atoms with E-state index in [1.807, 2.05) is 0 Å². The first kappa shape index (κ1) is 17.6. The van der Waals surface area contributed by atoms with E-state index in [-0.39, 0.29) is 0 Å². The minimum atomic E-state index is -0.762. The van der Waals surface area contributed by atoms with Crippen LogP contribution in [0.5, 0.6) is 23.0 Å². The molecule has 0 amide bonds. The molecule has 0 spiro atoms. The van der Waals surface area contributed by atoms with E-state index < -0.39 is 17.4 Å². The fraction of sp³-hybridized carbons (Fsp3) is 0.222. The van der Waals surface area contributed by atoms with Crippen molar-refractivity contribution in [2.24, 2.45) is 0 Å². The first-order valence-corrected chi connectivity index (χ1v) is 7.05. The molecule has 4 nitrogen and oxygen atoms in total. The van der Waals surface area contributed by atoms with Gasteiger partial charge < -0.3 is 18.9 Å². The third-order valence-corrected chi connectivity index (χ3v) is 3.38. The second kappa shape index (κ2) is 7.68. The van der Waals surface area contributed by atoms with Crippen molar-refractivity contribution in [3.8, 4) is 23.0 Å². The van der Waals surface area contributed by atoms with Gasteiger partial charge in [0.05, 0.1) is 28.4 Å². The van der Waals surface area contributed by atoms with Gasteiger partial charge in [-0.3, -0.25) is 0 Å². The van der Waals surface area contributed by atoms with Crippen molar-refractivity contribution in [3.05, 3.63) is 47.0 Å². The minimum absolute atomic E-state index is 0.361. The zero-order valence-electron chi connectivity index (χ0n) is 13.9. The fourth-order valence-electron chi connectivity index (χ4n) is 2.26. The highest BCUT2D eigenvalue weighted by Gasteiger charge is 2.13. The Labute approximate surface area is 139 Å². The standard InChI is InChI=1S/C18H18F2O4/c1-21-15-9-12(10-16(22-2)18(15)24-4)6-5-11-7-13(19)17(23-3)14(20)8-11/h5-10H,1-4H3. The van der Waals surface area contributed by atoms with Crippen LogP contribution >= 0.6 is 0 Å². The maximum Gasteiger partial charge on any atom is 0.203 e. The van der Waals surface area contributed by atoms with E-state index in [4.69, 9.17) is 14.2 Å². The topological polar surface area (TPSA) is 36.9 Å². The van der Waals surface area contributed by atoms with Crippen molar-refractivity contribution in [3.63, 3.8) is 0 Å². The zero-order chi connectivity index (χ0) is 17.7. The summed E-state index contributed by atoms with van der Waals surface area (Å²) in [6.07, 6.45) is 3.26. The minimum Gasteiger partial charge on any atom is -0.493 e. The summed E-state index contributed by atoms with van der Waals surface area (Å²) < 4.78 is 47.9.